The zero-order chi connectivity index (χ0) is 19.3. The molecule has 0 atom stereocenters. The maximum absolute atomic E-state index is 14.1. The highest BCUT2D eigenvalue weighted by Gasteiger charge is 2.20. The van der Waals surface area contributed by atoms with Crippen molar-refractivity contribution in [1.29, 1.82) is 0 Å². The van der Waals surface area contributed by atoms with E-state index >= 15 is 0 Å². The van der Waals surface area contributed by atoms with Gasteiger partial charge in [0.25, 0.3) is 5.91 Å². The molecule has 0 aliphatic carbocycles. The molecule has 0 saturated carbocycles. The van der Waals surface area contributed by atoms with Crippen LogP contribution in [0.3, 0.4) is 0 Å². The molecule has 2 aromatic rings. The van der Waals surface area contributed by atoms with Crippen LogP contribution in [-0.4, -0.2) is 28.0 Å². The number of hydrogen-bond acceptors (Lipinski definition) is 4. The van der Waals surface area contributed by atoms with E-state index in [1.54, 1.807) is 12.1 Å². The Kier molecular flexibility index (Phi) is 6.33. The van der Waals surface area contributed by atoms with Crippen molar-refractivity contribution in [3.05, 3.63) is 53.3 Å². The van der Waals surface area contributed by atoms with E-state index in [1.165, 1.54) is 7.11 Å². The smallest absolute Gasteiger partial charge is 0.258 e. The van der Waals surface area contributed by atoms with Gasteiger partial charge >= 0.3 is 0 Å². The first-order chi connectivity index (χ1) is 12.3. The largest absolute Gasteiger partial charge is 0.495 e. The Hall–Kier alpha value is -2.45. The number of hydrogen-bond donors (Lipinski definition) is 2. The van der Waals surface area contributed by atoms with E-state index in [0.29, 0.717) is 17.9 Å². The molecular formula is C18H21FN2O4S. The molecule has 26 heavy (non-hydrogen) atoms. The summed E-state index contributed by atoms with van der Waals surface area (Å²) in [6.07, 6.45) is 0.612. The first-order valence-corrected chi connectivity index (χ1v) is 9.52. The van der Waals surface area contributed by atoms with Gasteiger partial charge in [0, 0.05) is 6.54 Å². The molecule has 2 rings (SSSR count). The molecule has 2 N–H and O–H groups in total. The summed E-state index contributed by atoms with van der Waals surface area (Å²) < 4.78 is 46.1. The van der Waals surface area contributed by atoms with Gasteiger partial charge in [-0.05, 0) is 49.2 Å². The van der Waals surface area contributed by atoms with E-state index in [9.17, 15) is 17.6 Å². The third-order valence-corrected chi connectivity index (χ3v) is 5.10. The number of anilines is 1. The number of aryl methyl sites for hydroxylation is 1. The normalized spacial score (nSPS) is 11.2. The Morgan fingerprint density at radius 3 is 2.58 bits per heavy atom. The molecule has 0 radical (unpaired) electrons. The monoisotopic (exact) mass is 380 g/mol. The highest BCUT2D eigenvalue weighted by atomic mass is 32.2. The number of carbonyl (C=O) groups excluding carboxylic acids is 1. The summed E-state index contributed by atoms with van der Waals surface area (Å²) >= 11 is 0. The predicted molar refractivity (Wildman–Crippen MR) is 97.6 cm³/mol. The van der Waals surface area contributed by atoms with Crippen LogP contribution in [0.15, 0.2) is 41.3 Å². The zero-order valence-electron chi connectivity index (χ0n) is 14.8. The second kappa shape index (κ2) is 8.29. The van der Waals surface area contributed by atoms with Crippen LogP contribution in [0.4, 0.5) is 10.1 Å². The standard InChI is InChI=1S/C18H21FN2O4S/c1-4-9-20-26(23,24)13-6-7-15(19)14(11-13)18(22)21-16-10-12(2)5-8-17(16)25-3/h5-8,10-11,20H,4,9H2,1-3H3,(H,21,22). The van der Waals surface area contributed by atoms with Crippen molar-refractivity contribution in [3.63, 3.8) is 0 Å². The van der Waals surface area contributed by atoms with Gasteiger partial charge in [-0.25, -0.2) is 17.5 Å². The maximum Gasteiger partial charge on any atom is 0.258 e. The molecular weight excluding hydrogens is 359 g/mol. The Labute approximate surface area is 152 Å². The van der Waals surface area contributed by atoms with Gasteiger partial charge < -0.3 is 10.1 Å². The molecule has 0 fully saturated rings. The molecule has 0 saturated heterocycles. The van der Waals surface area contributed by atoms with Gasteiger partial charge in [-0.3, -0.25) is 4.79 Å². The Morgan fingerprint density at radius 1 is 1.19 bits per heavy atom. The molecule has 140 valence electrons. The van der Waals surface area contributed by atoms with Crippen molar-refractivity contribution in [1.82, 2.24) is 4.72 Å². The summed E-state index contributed by atoms with van der Waals surface area (Å²) in [5.74, 6) is -1.17. The van der Waals surface area contributed by atoms with Crippen molar-refractivity contribution in [2.45, 2.75) is 25.2 Å². The topological polar surface area (TPSA) is 84.5 Å². The van der Waals surface area contributed by atoms with Crippen LogP contribution in [0.25, 0.3) is 0 Å². The van der Waals surface area contributed by atoms with Crippen molar-refractivity contribution in [2.24, 2.45) is 0 Å². The summed E-state index contributed by atoms with van der Waals surface area (Å²) in [6, 6.07) is 8.27. The lowest BCUT2D eigenvalue weighted by molar-refractivity contribution is 0.102. The Bertz CT molecular complexity index is 913. The molecule has 0 aliphatic rings. The number of rotatable bonds is 7. The molecule has 0 bridgehead atoms. The molecule has 8 heteroatoms. The zero-order valence-corrected chi connectivity index (χ0v) is 15.6. The van der Waals surface area contributed by atoms with Gasteiger partial charge in [0.05, 0.1) is 23.3 Å². The van der Waals surface area contributed by atoms with Gasteiger partial charge in [0.1, 0.15) is 11.6 Å². The van der Waals surface area contributed by atoms with Crippen molar-refractivity contribution in [3.8, 4) is 5.75 Å². The third-order valence-electron chi connectivity index (χ3n) is 3.64. The fourth-order valence-corrected chi connectivity index (χ4v) is 3.43. The lowest BCUT2D eigenvalue weighted by Crippen LogP contribution is -2.25. The minimum atomic E-state index is -3.81. The van der Waals surface area contributed by atoms with Gasteiger partial charge in [-0.1, -0.05) is 13.0 Å². The second-order valence-electron chi connectivity index (χ2n) is 5.70. The van der Waals surface area contributed by atoms with Crippen molar-refractivity contribution >= 4 is 21.6 Å². The molecule has 2 aromatic carbocycles. The quantitative estimate of drug-likeness (QED) is 0.773. The van der Waals surface area contributed by atoms with Crippen LogP contribution in [0, 0.1) is 12.7 Å². The highest BCUT2D eigenvalue weighted by molar-refractivity contribution is 7.89. The molecule has 0 heterocycles. The van der Waals surface area contributed by atoms with Gasteiger partial charge in [-0.15, -0.1) is 0 Å². The fourth-order valence-electron chi connectivity index (χ4n) is 2.27. The summed E-state index contributed by atoms with van der Waals surface area (Å²) in [6.45, 7) is 3.91. The molecule has 6 nitrogen and oxygen atoms in total. The molecule has 0 spiro atoms. The highest BCUT2D eigenvalue weighted by Crippen LogP contribution is 2.26. The van der Waals surface area contributed by atoms with E-state index in [1.807, 2.05) is 19.9 Å². The van der Waals surface area contributed by atoms with E-state index < -0.39 is 21.7 Å². The van der Waals surface area contributed by atoms with Crippen LogP contribution in [0.2, 0.25) is 0 Å². The lowest BCUT2D eigenvalue weighted by Gasteiger charge is -2.12. The van der Waals surface area contributed by atoms with E-state index in [0.717, 1.165) is 23.8 Å². The maximum atomic E-state index is 14.1. The van der Waals surface area contributed by atoms with Crippen LogP contribution >= 0.6 is 0 Å². The number of sulfonamides is 1. The first kappa shape index (κ1) is 19.9. The molecule has 0 aliphatic heterocycles. The minimum absolute atomic E-state index is 0.172. The van der Waals surface area contributed by atoms with Gasteiger partial charge in [0.15, 0.2) is 0 Å². The average Bonchev–Trinajstić information content (AvgIpc) is 2.60. The fraction of sp³-hybridized carbons (Fsp3) is 0.278. The number of amides is 1. The number of methoxy groups -OCH3 is 1. The van der Waals surface area contributed by atoms with Crippen LogP contribution < -0.4 is 14.8 Å². The SMILES string of the molecule is CCCNS(=O)(=O)c1ccc(F)c(C(=O)Nc2cc(C)ccc2OC)c1. The summed E-state index contributed by atoms with van der Waals surface area (Å²) in [4.78, 5) is 12.3. The Morgan fingerprint density at radius 2 is 1.92 bits per heavy atom. The number of nitrogens with one attached hydrogen (secondary N) is 2. The van der Waals surface area contributed by atoms with Crippen LogP contribution in [0.5, 0.6) is 5.75 Å². The van der Waals surface area contributed by atoms with E-state index in [2.05, 4.69) is 10.0 Å². The molecule has 0 aromatic heterocycles. The third kappa shape index (κ3) is 4.59. The lowest BCUT2D eigenvalue weighted by atomic mass is 10.1. The van der Waals surface area contributed by atoms with Crippen molar-refractivity contribution in [2.75, 3.05) is 19.0 Å². The van der Waals surface area contributed by atoms with E-state index in [4.69, 9.17) is 4.74 Å². The van der Waals surface area contributed by atoms with Gasteiger partial charge in [0.2, 0.25) is 10.0 Å². The summed E-state index contributed by atoms with van der Waals surface area (Å²) in [7, 11) is -2.36. The van der Waals surface area contributed by atoms with E-state index in [-0.39, 0.29) is 17.0 Å². The number of halogens is 1. The summed E-state index contributed by atoms with van der Waals surface area (Å²) in [5.41, 5.74) is 0.879. The molecule has 1 amide bonds. The number of ether oxygens (including phenoxy) is 1. The van der Waals surface area contributed by atoms with Crippen molar-refractivity contribution < 1.29 is 22.3 Å². The molecule has 0 unspecified atom stereocenters. The van der Waals surface area contributed by atoms with Crippen LogP contribution in [0.1, 0.15) is 29.3 Å². The number of carbonyl (C=O) groups is 1. The van der Waals surface area contributed by atoms with Gasteiger partial charge in [-0.2, -0.15) is 0 Å². The Balaban J connectivity index is 2.35. The summed E-state index contributed by atoms with van der Waals surface area (Å²) in [5, 5.41) is 2.56. The second-order valence-corrected chi connectivity index (χ2v) is 7.46. The van der Waals surface area contributed by atoms with Crippen LogP contribution in [-0.2, 0) is 10.0 Å². The minimum Gasteiger partial charge on any atom is -0.495 e. The predicted octanol–water partition coefficient (Wildman–Crippen LogP) is 3.08. The average molecular weight is 380 g/mol. The first-order valence-electron chi connectivity index (χ1n) is 8.03. The number of benzene rings is 2.